The molecule has 0 radical (unpaired) electrons. The Hall–Kier alpha value is -2.67. The van der Waals surface area contributed by atoms with Crippen LogP contribution in [0.3, 0.4) is 0 Å². The van der Waals surface area contributed by atoms with Crippen LogP contribution in [-0.4, -0.2) is 5.97 Å². The third-order valence-corrected chi connectivity index (χ3v) is 4.67. The molecule has 4 heteroatoms. The SMILES string of the molecule is N#Cc1cccc(COC(=O)C2(c3ccc(F)cc3)CCCC2)c1. The zero-order valence-corrected chi connectivity index (χ0v) is 13.3. The van der Waals surface area contributed by atoms with Gasteiger partial charge >= 0.3 is 5.97 Å². The summed E-state index contributed by atoms with van der Waals surface area (Å²) < 4.78 is 18.8. The van der Waals surface area contributed by atoms with Crippen LogP contribution in [0, 0.1) is 17.1 Å². The molecule has 3 nitrogen and oxygen atoms in total. The van der Waals surface area contributed by atoms with Crippen LogP contribution < -0.4 is 0 Å². The first kappa shape index (κ1) is 16.2. The molecule has 24 heavy (non-hydrogen) atoms. The lowest BCUT2D eigenvalue weighted by atomic mass is 9.79. The van der Waals surface area contributed by atoms with E-state index < -0.39 is 5.41 Å². The second-order valence-corrected chi connectivity index (χ2v) is 6.18. The summed E-state index contributed by atoms with van der Waals surface area (Å²) >= 11 is 0. The molecule has 0 unspecified atom stereocenters. The summed E-state index contributed by atoms with van der Waals surface area (Å²) in [5.41, 5.74) is 1.46. The molecule has 1 fully saturated rings. The normalized spacial score (nSPS) is 15.7. The van der Waals surface area contributed by atoms with Crippen LogP contribution in [-0.2, 0) is 21.6 Å². The maximum atomic E-state index is 13.2. The van der Waals surface area contributed by atoms with Crippen LogP contribution in [0.25, 0.3) is 0 Å². The Labute approximate surface area is 140 Å². The molecule has 0 aliphatic heterocycles. The minimum atomic E-state index is -0.680. The van der Waals surface area contributed by atoms with E-state index in [0.29, 0.717) is 5.56 Å². The van der Waals surface area contributed by atoms with Crippen LogP contribution in [0.2, 0.25) is 0 Å². The lowest BCUT2D eigenvalue weighted by Gasteiger charge is -2.27. The van der Waals surface area contributed by atoms with Gasteiger partial charge < -0.3 is 4.74 Å². The number of nitrogens with zero attached hydrogens (tertiary/aromatic N) is 1. The molecule has 0 heterocycles. The smallest absolute Gasteiger partial charge is 0.316 e. The van der Waals surface area contributed by atoms with Gasteiger partial charge in [-0.1, -0.05) is 37.1 Å². The van der Waals surface area contributed by atoms with Gasteiger partial charge in [0.05, 0.1) is 17.0 Å². The molecule has 3 rings (SSSR count). The predicted molar refractivity (Wildman–Crippen MR) is 87.5 cm³/mol. The van der Waals surface area contributed by atoms with Crippen LogP contribution in [0.5, 0.6) is 0 Å². The summed E-state index contributed by atoms with van der Waals surface area (Å²) in [6.07, 6.45) is 3.35. The second-order valence-electron chi connectivity index (χ2n) is 6.18. The lowest BCUT2D eigenvalue weighted by molar-refractivity contribution is -0.152. The summed E-state index contributed by atoms with van der Waals surface area (Å²) in [5.74, 6) is -0.581. The van der Waals surface area contributed by atoms with Gasteiger partial charge in [0.1, 0.15) is 12.4 Å². The number of esters is 1. The molecule has 1 saturated carbocycles. The zero-order chi connectivity index (χ0) is 17.0. The molecule has 2 aromatic carbocycles. The summed E-state index contributed by atoms with van der Waals surface area (Å²) in [7, 11) is 0. The monoisotopic (exact) mass is 323 g/mol. The molecule has 2 aromatic rings. The Bertz CT molecular complexity index is 771. The number of halogens is 1. The lowest BCUT2D eigenvalue weighted by Crippen LogP contribution is -2.34. The minimum absolute atomic E-state index is 0.136. The summed E-state index contributed by atoms with van der Waals surface area (Å²) in [4.78, 5) is 12.8. The Balaban J connectivity index is 1.78. The van der Waals surface area contributed by atoms with Crippen molar-refractivity contribution in [2.24, 2.45) is 0 Å². The van der Waals surface area contributed by atoms with Crippen LogP contribution >= 0.6 is 0 Å². The summed E-state index contributed by atoms with van der Waals surface area (Å²) in [6, 6.07) is 15.2. The Kier molecular flexibility index (Phi) is 4.61. The average molecular weight is 323 g/mol. The van der Waals surface area contributed by atoms with Gasteiger partial charge in [-0.3, -0.25) is 4.79 Å². The fraction of sp³-hybridized carbons (Fsp3) is 0.300. The summed E-state index contributed by atoms with van der Waals surface area (Å²) in [5, 5.41) is 8.94. The Morgan fingerprint density at radius 1 is 1.17 bits per heavy atom. The average Bonchev–Trinajstić information content (AvgIpc) is 3.11. The van der Waals surface area contributed by atoms with Gasteiger partial charge in [0.15, 0.2) is 0 Å². The molecule has 0 saturated heterocycles. The minimum Gasteiger partial charge on any atom is -0.460 e. The van der Waals surface area contributed by atoms with Crippen molar-refractivity contribution in [3.8, 4) is 6.07 Å². The van der Waals surface area contributed by atoms with E-state index in [-0.39, 0.29) is 18.4 Å². The highest BCUT2D eigenvalue weighted by Crippen LogP contribution is 2.42. The van der Waals surface area contributed by atoms with E-state index in [1.54, 1.807) is 30.3 Å². The highest BCUT2D eigenvalue weighted by Gasteiger charge is 2.44. The quantitative estimate of drug-likeness (QED) is 0.790. The van der Waals surface area contributed by atoms with E-state index in [1.807, 2.05) is 6.07 Å². The predicted octanol–water partition coefficient (Wildman–Crippen LogP) is 4.25. The van der Waals surface area contributed by atoms with Crippen molar-refractivity contribution < 1.29 is 13.9 Å². The van der Waals surface area contributed by atoms with Crippen molar-refractivity contribution in [3.05, 3.63) is 71.0 Å². The molecule has 0 amide bonds. The van der Waals surface area contributed by atoms with Gasteiger partial charge in [0.25, 0.3) is 0 Å². The van der Waals surface area contributed by atoms with E-state index in [9.17, 15) is 9.18 Å². The Morgan fingerprint density at radius 2 is 1.88 bits per heavy atom. The number of hydrogen-bond donors (Lipinski definition) is 0. The molecule has 1 aliphatic carbocycles. The molecular formula is C20H18FNO2. The van der Waals surface area contributed by atoms with Crippen molar-refractivity contribution in [2.45, 2.75) is 37.7 Å². The van der Waals surface area contributed by atoms with Crippen LogP contribution in [0.4, 0.5) is 4.39 Å². The number of ether oxygens (including phenoxy) is 1. The third kappa shape index (κ3) is 3.16. The Morgan fingerprint density at radius 3 is 2.54 bits per heavy atom. The van der Waals surface area contributed by atoms with E-state index in [2.05, 4.69) is 6.07 Å². The fourth-order valence-corrected chi connectivity index (χ4v) is 3.38. The van der Waals surface area contributed by atoms with E-state index in [0.717, 1.165) is 36.8 Å². The first-order chi connectivity index (χ1) is 11.6. The zero-order valence-electron chi connectivity index (χ0n) is 13.3. The maximum absolute atomic E-state index is 13.2. The van der Waals surface area contributed by atoms with Crippen molar-refractivity contribution in [2.75, 3.05) is 0 Å². The third-order valence-electron chi connectivity index (χ3n) is 4.67. The van der Waals surface area contributed by atoms with E-state index in [4.69, 9.17) is 10.00 Å². The van der Waals surface area contributed by atoms with Gasteiger partial charge in [-0.15, -0.1) is 0 Å². The maximum Gasteiger partial charge on any atom is 0.316 e. The number of hydrogen-bond acceptors (Lipinski definition) is 3. The fourth-order valence-electron chi connectivity index (χ4n) is 3.38. The van der Waals surface area contributed by atoms with Crippen molar-refractivity contribution in [3.63, 3.8) is 0 Å². The van der Waals surface area contributed by atoms with Gasteiger partial charge in [-0.25, -0.2) is 4.39 Å². The van der Waals surface area contributed by atoms with Gasteiger partial charge in [0.2, 0.25) is 0 Å². The van der Waals surface area contributed by atoms with Crippen LogP contribution in [0.15, 0.2) is 48.5 Å². The molecule has 1 aliphatic rings. The number of carbonyl (C=O) groups is 1. The molecule has 0 spiro atoms. The standard InChI is InChI=1S/C20H18FNO2/c21-18-8-6-17(7-9-18)20(10-1-2-11-20)19(23)24-14-16-5-3-4-15(12-16)13-22/h3-9,12H,1-2,10-11,14H2. The topological polar surface area (TPSA) is 50.1 Å². The highest BCUT2D eigenvalue weighted by atomic mass is 19.1. The van der Waals surface area contributed by atoms with Gasteiger partial charge in [0, 0.05) is 0 Å². The molecule has 0 atom stereocenters. The largest absolute Gasteiger partial charge is 0.460 e. The van der Waals surface area contributed by atoms with Crippen molar-refractivity contribution >= 4 is 5.97 Å². The van der Waals surface area contributed by atoms with Crippen molar-refractivity contribution in [1.82, 2.24) is 0 Å². The number of nitriles is 1. The summed E-state index contributed by atoms with van der Waals surface area (Å²) in [6.45, 7) is 0.136. The molecule has 0 aromatic heterocycles. The highest BCUT2D eigenvalue weighted by molar-refractivity contribution is 5.83. The van der Waals surface area contributed by atoms with Gasteiger partial charge in [-0.05, 0) is 48.2 Å². The molecule has 0 bridgehead atoms. The number of carbonyl (C=O) groups excluding carboxylic acids is 1. The molecule has 0 N–H and O–H groups in total. The second kappa shape index (κ2) is 6.84. The van der Waals surface area contributed by atoms with E-state index in [1.165, 1.54) is 12.1 Å². The van der Waals surface area contributed by atoms with Crippen molar-refractivity contribution in [1.29, 1.82) is 5.26 Å². The number of benzene rings is 2. The first-order valence-electron chi connectivity index (χ1n) is 8.06. The molecular weight excluding hydrogens is 305 g/mol. The van der Waals surface area contributed by atoms with Gasteiger partial charge in [-0.2, -0.15) is 5.26 Å². The van der Waals surface area contributed by atoms with E-state index >= 15 is 0 Å². The molecule has 122 valence electrons. The van der Waals surface area contributed by atoms with Crippen LogP contribution in [0.1, 0.15) is 42.4 Å². The number of rotatable bonds is 4. The first-order valence-corrected chi connectivity index (χ1v) is 8.06.